The largest absolute Gasteiger partial charge is 0.391 e. The van der Waals surface area contributed by atoms with Crippen LogP contribution in [0.5, 0.6) is 0 Å². The van der Waals surface area contributed by atoms with E-state index in [1.807, 2.05) is 6.92 Å². The highest BCUT2D eigenvalue weighted by Gasteiger charge is 2.34. The van der Waals surface area contributed by atoms with Crippen LogP contribution < -0.4 is 4.90 Å². The third-order valence-corrected chi connectivity index (χ3v) is 3.98. The number of β-amino-alcohol motifs (C(OH)–C–C–N with tert-alkyl or cyclic N) is 1. The molecule has 0 aliphatic carbocycles. The fraction of sp³-hybridized carbons (Fsp3) is 0.375. The fourth-order valence-corrected chi connectivity index (χ4v) is 2.89. The van der Waals surface area contributed by atoms with E-state index in [9.17, 15) is 13.9 Å². The van der Waals surface area contributed by atoms with Gasteiger partial charge in [-0.1, -0.05) is 19.1 Å². The molecule has 1 saturated heterocycles. The van der Waals surface area contributed by atoms with Crippen molar-refractivity contribution in [3.05, 3.63) is 53.5 Å². The summed E-state index contributed by atoms with van der Waals surface area (Å²) in [4.78, 5) is 9.71. The Morgan fingerprint density at radius 3 is 2.64 bits per heavy atom. The Morgan fingerprint density at radius 1 is 1.23 bits per heavy atom. The second kappa shape index (κ2) is 5.96. The van der Waals surface area contributed by atoms with Gasteiger partial charge in [0, 0.05) is 6.54 Å². The number of anilines is 1. The van der Waals surface area contributed by atoms with Crippen molar-refractivity contribution in [3.63, 3.8) is 0 Å². The minimum atomic E-state index is -0.575. The predicted octanol–water partition coefficient (Wildman–Crippen LogP) is 2.63. The van der Waals surface area contributed by atoms with E-state index in [2.05, 4.69) is 9.97 Å². The molecule has 2 aromatic rings. The van der Waals surface area contributed by atoms with Crippen molar-refractivity contribution in [2.75, 3.05) is 11.4 Å². The Labute approximate surface area is 127 Å². The van der Waals surface area contributed by atoms with Crippen LogP contribution in [-0.2, 0) is 6.42 Å². The van der Waals surface area contributed by atoms with Gasteiger partial charge in [0.05, 0.1) is 17.8 Å². The summed E-state index contributed by atoms with van der Waals surface area (Å²) in [5.41, 5.74) is 1.18. The zero-order valence-electron chi connectivity index (χ0n) is 12.2. The third-order valence-electron chi connectivity index (χ3n) is 3.98. The van der Waals surface area contributed by atoms with Gasteiger partial charge in [-0.05, 0) is 30.5 Å². The number of aromatic nitrogens is 2. The molecule has 4 nitrogen and oxygen atoms in total. The summed E-state index contributed by atoms with van der Waals surface area (Å²) in [7, 11) is 0. The second-order valence-electron chi connectivity index (χ2n) is 5.42. The molecule has 1 aromatic heterocycles. The van der Waals surface area contributed by atoms with Crippen LogP contribution in [0.1, 0.15) is 30.6 Å². The highest BCUT2D eigenvalue weighted by atomic mass is 19.1. The van der Waals surface area contributed by atoms with Gasteiger partial charge in [-0.15, -0.1) is 0 Å². The number of hydrogen-bond donors (Lipinski definition) is 1. The number of rotatable bonds is 3. The van der Waals surface area contributed by atoms with Gasteiger partial charge < -0.3 is 10.0 Å². The van der Waals surface area contributed by atoms with Gasteiger partial charge in [0.2, 0.25) is 0 Å². The molecule has 2 heterocycles. The molecule has 0 unspecified atom stereocenters. The van der Waals surface area contributed by atoms with Crippen molar-refractivity contribution in [1.29, 1.82) is 0 Å². The summed E-state index contributed by atoms with van der Waals surface area (Å²) in [6.45, 7) is 2.12. The Kier molecular flexibility index (Phi) is 4.02. The summed E-state index contributed by atoms with van der Waals surface area (Å²) in [5, 5.41) is 9.98. The van der Waals surface area contributed by atoms with Crippen molar-refractivity contribution in [3.8, 4) is 0 Å². The molecular weight excluding hydrogens is 288 g/mol. The highest BCUT2D eigenvalue weighted by molar-refractivity contribution is 5.46. The molecule has 1 N–H and O–H groups in total. The zero-order valence-corrected chi connectivity index (χ0v) is 12.2. The van der Waals surface area contributed by atoms with E-state index in [0.717, 1.165) is 5.56 Å². The maximum atomic E-state index is 14.5. The summed E-state index contributed by atoms with van der Waals surface area (Å²) in [6, 6.07) is 5.82. The number of hydrogen-bond acceptors (Lipinski definition) is 4. The molecule has 0 radical (unpaired) electrons. The minimum absolute atomic E-state index is 0.192. The number of aryl methyl sites for hydroxylation is 1. The summed E-state index contributed by atoms with van der Waals surface area (Å²) in [5.74, 6) is -0.584. The molecule has 6 heteroatoms. The van der Waals surface area contributed by atoms with Gasteiger partial charge >= 0.3 is 0 Å². The lowest BCUT2D eigenvalue weighted by Crippen LogP contribution is -2.27. The molecule has 1 aliphatic rings. The number of aliphatic hydroxyl groups is 1. The highest BCUT2D eigenvalue weighted by Crippen LogP contribution is 2.36. The molecule has 0 bridgehead atoms. The maximum absolute atomic E-state index is 14.5. The fourth-order valence-electron chi connectivity index (χ4n) is 2.89. The molecule has 0 amide bonds. The van der Waals surface area contributed by atoms with Crippen LogP contribution in [0.4, 0.5) is 14.6 Å². The third kappa shape index (κ3) is 2.66. The first-order valence-electron chi connectivity index (χ1n) is 7.29. The topological polar surface area (TPSA) is 49.2 Å². The van der Waals surface area contributed by atoms with E-state index >= 15 is 0 Å². The molecule has 0 saturated carbocycles. The number of nitrogens with zero attached hydrogens (tertiary/aromatic N) is 3. The molecule has 3 rings (SSSR count). The maximum Gasteiger partial charge on any atom is 0.187 e. The summed E-state index contributed by atoms with van der Waals surface area (Å²) in [6.07, 6.45) is 1.69. The van der Waals surface area contributed by atoms with Crippen LogP contribution in [0.15, 0.2) is 30.6 Å². The Hall–Kier alpha value is -2.08. The number of aliphatic hydroxyl groups excluding tert-OH is 1. The lowest BCUT2D eigenvalue weighted by atomic mass is 10.0. The van der Waals surface area contributed by atoms with Gasteiger partial charge in [-0.2, -0.15) is 0 Å². The molecule has 0 spiro atoms. The van der Waals surface area contributed by atoms with E-state index in [1.54, 1.807) is 17.0 Å². The molecule has 1 fully saturated rings. The van der Waals surface area contributed by atoms with Crippen LogP contribution in [0, 0.1) is 11.6 Å². The van der Waals surface area contributed by atoms with Crippen molar-refractivity contribution < 1.29 is 13.9 Å². The molecular formula is C16H17F2N3O. The van der Waals surface area contributed by atoms with Crippen LogP contribution in [-0.4, -0.2) is 27.7 Å². The normalized spacial score (nSPS) is 21.4. The van der Waals surface area contributed by atoms with Crippen LogP contribution in [0.3, 0.4) is 0 Å². The second-order valence-corrected chi connectivity index (χ2v) is 5.42. The van der Waals surface area contributed by atoms with Gasteiger partial charge in [-0.3, -0.25) is 0 Å². The number of benzene rings is 1. The first-order chi connectivity index (χ1) is 10.6. The average molecular weight is 305 g/mol. The lowest BCUT2D eigenvalue weighted by molar-refractivity contribution is 0.194. The zero-order chi connectivity index (χ0) is 15.7. The van der Waals surface area contributed by atoms with Crippen molar-refractivity contribution >= 4 is 5.82 Å². The molecule has 2 atom stereocenters. The van der Waals surface area contributed by atoms with E-state index in [-0.39, 0.29) is 17.7 Å². The van der Waals surface area contributed by atoms with Crippen molar-refractivity contribution in [2.45, 2.75) is 31.9 Å². The van der Waals surface area contributed by atoms with E-state index in [4.69, 9.17) is 0 Å². The SMILES string of the molecule is CCc1ncnc(N2C[C@@H](O)C[C@H]2c2ccc(F)cc2)c1F. The van der Waals surface area contributed by atoms with Gasteiger partial charge in [0.15, 0.2) is 11.6 Å². The molecule has 22 heavy (non-hydrogen) atoms. The Balaban J connectivity index is 1.99. The molecule has 1 aromatic carbocycles. The first kappa shape index (κ1) is 14.8. The monoisotopic (exact) mass is 305 g/mol. The molecule has 1 aliphatic heterocycles. The average Bonchev–Trinajstić information content (AvgIpc) is 2.90. The molecule has 116 valence electrons. The lowest BCUT2D eigenvalue weighted by Gasteiger charge is -2.26. The van der Waals surface area contributed by atoms with Crippen LogP contribution >= 0.6 is 0 Å². The first-order valence-corrected chi connectivity index (χ1v) is 7.29. The van der Waals surface area contributed by atoms with E-state index in [0.29, 0.717) is 25.1 Å². The number of halogens is 2. The van der Waals surface area contributed by atoms with E-state index < -0.39 is 11.9 Å². The summed E-state index contributed by atoms with van der Waals surface area (Å²) < 4.78 is 27.6. The van der Waals surface area contributed by atoms with Crippen LogP contribution in [0.2, 0.25) is 0 Å². The van der Waals surface area contributed by atoms with Crippen molar-refractivity contribution in [2.24, 2.45) is 0 Å². The Morgan fingerprint density at radius 2 is 1.95 bits per heavy atom. The quantitative estimate of drug-likeness (QED) is 0.947. The minimum Gasteiger partial charge on any atom is -0.391 e. The Bertz CT molecular complexity index is 663. The van der Waals surface area contributed by atoms with Gasteiger partial charge in [-0.25, -0.2) is 18.7 Å². The predicted molar refractivity (Wildman–Crippen MR) is 78.5 cm³/mol. The van der Waals surface area contributed by atoms with Gasteiger partial charge in [0.25, 0.3) is 0 Å². The van der Waals surface area contributed by atoms with Crippen LogP contribution in [0.25, 0.3) is 0 Å². The van der Waals surface area contributed by atoms with Crippen molar-refractivity contribution in [1.82, 2.24) is 9.97 Å². The van der Waals surface area contributed by atoms with E-state index in [1.165, 1.54) is 18.5 Å². The summed E-state index contributed by atoms with van der Waals surface area (Å²) >= 11 is 0. The smallest absolute Gasteiger partial charge is 0.187 e. The van der Waals surface area contributed by atoms with Gasteiger partial charge in [0.1, 0.15) is 12.1 Å². The standard InChI is InChI=1S/C16H17F2N3O/c1-2-13-15(18)16(20-9-19-13)21-8-12(22)7-14(21)10-3-5-11(17)6-4-10/h3-6,9,12,14,22H,2,7-8H2,1H3/t12-,14-/m0/s1.